The fourth-order valence-corrected chi connectivity index (χ4v) is 4.48. The smallest absolute Gasteiger partial charge is 0.249 e. The highest BCUT2D eigenvalue weighted by molar-refractivity contribution is 9.10. The molecule has 0 radical (unpaired) electrons. The van der Waals surface area contributed by atoms with Gasteiger partial charge in [0.1, 0.15) is 11.6 Å². The van der Waals surface area contributed by atoms with Crippen molar-refractivity contribution in [2.45, 2.75) is 5.41 Å². The van der Waals surface area contributed by atoms with E-state index in [0.29, 0.717) is 11.4 Å². The Kier molecular flexibility index (Phi) is 3.61. The van der Waals surface area contributed by atoms with Crippen molar-refractivity contribution in [1.29, 1.82) is 0 Å². The molecule has 1 unspecified atom stereocenters. The Labute approximate surface area is 169 Å². The van der Waals surface area contributed by atoms with E-state index >= 15 is 0 Å². The summed E-state index contributed by atoms with van der Waals surface area (Å²) in [7, 11) is 1.75. The highest BCUT2D eigenvalue weighted by atomic mass is 79.9. The maximum atomic E-state index is 13.8. The first-order valence-corrected chi connectivity index (χ1v) is 9.64. The molecule has 1 amide bonds. The summed E-state index contributed by atoms with van der Waals surface area (Å²) in [5, 5.41) is 10.8. The minimum absolute atomic E-state index is 0.0436. The average molecular weight is 434 g/mol. The van der Waals surface area contributed by atoms with E-state index in [1.54, 1.807) is 30.1 Å². The summed E-state index contributed by atoms with van der Waals surface area (Å²) in [6.07, 6.45) is 0. The third-order valence-corrected chi connectivity index (χ3v) is 5.90. The Balaban J connectivity index is 1.94. The number of rotatable bonds is 2. The molecule has 3 aromatic carbocycles. The highest BCUT2D eigenvalue weighted by Gasteiger charge is 2.55. The van der Waals surface area contributed by atoms with E-state index in [1.807, 2.05) is 48.5 Å². The molecule has 2 N–H and O–H groups in total. The lowest BCUT2D eigenvalue weighted by Gasteiger charge is -2.27. The van der Waals surface area contributed by atoms with Crippen LogP contribution in [0.1, 0.15) is 17.0 Å². The zero-order valence-electron chi connectivity index (χ0n) is 15.0. The number of imidazole rings is 1. The van der Waals surface area contributed by atoms with Crippen LogP contribution in [0.5, 0.6) is 5.75 Å². The normalized spacial score (nSPS) is 18.6. The van der Waals surface area contributed by atoms with Gasteiger partial charge in [0.25, 0.3) is 0 Å². The van der Waals surface area contributed by atoms with Gasteiger partial charge in [-0.1, -0.05) is 46.3 Å². The number of carbonyl (C=O) groups is 1. The Morgan fingerprint density at radius 2 is 1.79 bits per heavy atom. The van der Waals surface area contributed by atoms with E-state index in [9.17, 15) is 9.90 Å². The zero-order chi connectivity index (χ0) is 19.5. The number of likely N-dealkylation sites (N-methyl/N-ethyl adjacent to an activating group) is 1. The second-order valence-electron chi connectivity index (χ2n) is 6.90. The second-order valence-corrected chi connectivity index (χ2v) is 7.81. The molecule has 0 aliphatic carbocycles. The van der Waals surface area contributed by atoms with Gasteiger partial charge in [0.05, 0.1) is 11.0 Å². The summed E-state index contributed by atoms with van der Waals surface area (Å²) in [5.41, 5.74) is 2.42. The number of hydrogen-bond acceptors (Lipinski definition) is 3. The van der Waals surface area contributed by atoms with Crippen LogP contribution in [-0.4, -0.2) is 28.0 Å². The first-order valence-electron chi connectivity index (χ1n) is 8.85. The van der Waals surface area contributed by atoms with Crippen LogP contribution in [0.4, 0.5) is 5.69 Å². The van der Waals surface area contributed by atoms with Crippen molar-refractivity contribution < 1.29 is 9.90 Å². The van der Waals surface area contributed by atoms with Crippen molar-refractivity contribution in [3.05, 3.63) is 88.2 Å². The summed E-state index contributed by atoms with van der Waals surface area (Å²) in [6.45, 7) is 0. The van der Waals surface area contributed by atoms with Crippen LogP contribution in [0.2, 0.25) is 0 Å². The van der Waals surface area contributed by atoms with E-state index < -0.39 is 5.41 Å². The molecule has 0 bridgehead atoms. The molecule has 1 atom stereocenters. The number of nitrogens with zero attached hydrogens (tertiary/aromatic N) is 2. The zero-order valence-corrected chi connectivity index (χ0v) is 16.6. The highest BCUT2D eigenvalue weighted by Crippen LogP contribution is 2.51. The van der Waals surface area contributed by atoms with Gasteiger partial charge in [-0.15, -0.1) is 0 Å². The molecule has 28 heavy (non-hydrogen) atoms. The van der Waals surface area contributed by atoms with Gasteiger partial charge >= 0.3 is 0 Å². The van der Waals surface area contributed by atoms with Crippen molar-refractivity contribution in [2.24, 2.45) is 0 Å². The lowest BCUT2D eigenvalue weighted by atomic mass is 9.74. The number of phenolic OH excluding ortho intramolecular Hbond substituents is 1. The van der Waals surface area contributed by atoms with Crippen molar-refractivity contribution >= 4 is 38.6 Å². The van der Waals surface area contributed by atoms with Crippen molar-refractivity contribution in [2.75, 3.05) is 11.9 Å². The first-order chi connectivity index (χ1) is 13.5. The van der Waals surface area contributed by atoms with Crippen LogP contribution >= 0.6 is 15.9 Å². The van der Waals surface area contributed by atoms with Crippen LogP contribution < -0.4 is 4.90 Å². The molecule has 1 aliphatic heterocycles. The Bertz CT molecular complexity index is 1220. The largest absolute Gasteiger partial charge is 0.508 e. The molecule has 0 saturated heterocycles. The quantitative estimate of drug-likeness (QED) is 0.493. The number of aromatic nitrogens is 2. The molecule has 0 fully saturated rings. The van der Waals surface area contributed by atoms with Gasteiger partial charge in [0, 0.05) is 28.3 Å². The molecule has 0 saturated carbocycles. The van der Waals surface area contributed by atoms with E-state index in [1.165, 1.54) is 0 Å². The molecule has 5 nitrogen and oxygen atoms in total. The van der Waals surface area contributed by atoms with Gasteiger partial charge < -0.3 is 15.0 Å². The molecule has 1 aliphatic rings. The Morgan fingerprint density at radius 3 is 2.61 bits per heavy atom. The van der Waals surface area contributed by atoms with Crippen LogP contribution in [0.25, 0.3) is 11.0 Å². The maximum absolute atomic E-state index is 13.8. The first kappa shape index (κ1) is 17.0. The summed E-state index contributed by atoms with van der Waals surface area (Å²) < 4.78 is 0.774. The number of nitrogens with one attached hydrogen (secondary N) is 1. The monoisotopic (exact) mass is 433 g/mol. The number of hydrogen-bond donors (Lipinski definition) is 2. The Morgan fingerprint density at radius 1 is 1.04 bits per heavy atom. The molecular weight excluding hydrogens is 418 g/mol. The number of amides is 1. The number of benzene rings is 3. The molecule has 138 valence electrons. The van der Waals surface area contributed by atoms with Crippen LogP contribution in [0, 0.1) is 0 Å². The lowest BCUT2D eigenvalue weighted by Crippen LogP contribution is -2.41. The number of fused-ring (bicyclic) bond motifs is 2. The standard InChI is InChI=1S/C22H16BrN3O2/c1-26-18-9-5-2-6-14(18)22(21(26)28,15-12-13(23)10-11-19(15)27)20-24-16-7-3-4-8-17(16)25-20/h2-12,27H,1H3,(H,24,25). The number of H-pyrrole nitrogens is 1. The molecule has 2 heterocycles. The number of para-hydroxylation sites is 3. The number of aromatic amines is 1. The van der Waals surface area contributed by atoms with Gasteiger partial charge in [0.2, 0.25) is 5.91 Å². The number of halogens is 1. The number of phenols is 1. The van der Waals surface area contributed by atoms with Gasteiger partial charge in [0.15, 0.2) is 5.41 Å². The van der Waals surface area contributed by atoms with E-state index in [-0.39, 0.29) is 11.7 Å². The SMILES string of the molecule is CN1C(=O)C(c2nc3ccccc3[nH]2)(c2cc(Br)ccc2O)c2ccccc21. The average Bonchev–Trinajstić information content (AvgIpc) is 3.23. The number of anilines is 1. The van der Waals surface area contributed by atoms with Crippen molar-refractivity contribution in [1.82, 2.24) is 9.97 Å². The molecule has 6 heteroatoms. The van der Waals surface area contributed by atoms with Gasteiger partial charge in [-0.2, -0.15) is 0 Å². The van der Waals surface area contributed by atoms with Crippen molar-refractivity contribution in [3.63, 3.8) is 0 Å². The molecular formula is C22H16BrN3O2. The molecule has 0 spiro atoms. The number of carbonyl (C=O) groups excluding carboxylic acids is 1. The predicted octanol–water partition coefficient (Wildman–Crippen LogP) is 4.34. The minimum Gasteiger partial charge on any atom is -0.508 e. The minimum atomic E-state index is -1.27. The van der Waals surface area contributed by atoms with Crippen LogP contribution in [0.15, 0.2) is 71.2 Å². The maximum Gasteiger partial charge on any atom is 0.249 e. The molecule has 1 aromatic heterocycles. The summed E-state index contributed by atoms with van der Waals surface area (Å²) in [6, 6.07) is 20.4. The molecule has 4 aromatic rings. The lowest BCUT2D eigenvalue weighted by molar-refractivity contribution is -0.120. The van der Waals surface area contributed by atoms with E-state index in [0.717, 1.165) is 26.8 Å². The fourth-order valence-electron chi connectivity index (χ4n) is 4.12. The van der Waals surface area contributed by atoms with Crippen LogP contribution in [-0.2, 0) is 10.2 Å². The van der Waals surface area contributed by atoms with E-state index in [4.69, 9.17) is 4.98 Å². The predicted molar refractivity (Wildman–Crippen MR) is 112 cm³/mol. The van der Waals surface area contributed by atoms with Crippen LogP contribution in [0.3, 0.4) is 0 Å². The van der Waals surface area contributed by atoms with E-state index in [2.05, 4.69) is 20.9 Å². The molecule has 5 rings (SSSR count). The fraction of sp³-hybridized carbons (Fsp3) is 0.0909. The summed E-state index contributed by atoms with van der Waals surface area (Å²) >= 11 is 3.48. The van der Waals surface area contributed by atoms with Gasteiger partial charge in [-0.3, -0.25) is 4.79 Å². The van der Waals surface area contributed by atoms with Gasteiger partial charge in [-0.05, 0) is 36.4 Å². The van der Waals surface area contributed by atoms with Crippen molar-refractivity contribution in [3.8, 4) is 5.75 Å². The third-order valence-electron chi connectivity index (χ3n) is 5.40. The summed E-state index contributed by atoms with van der Waals surface area (Å²) in [5.74, 6) is 0.368. The topological polar surface area (TPSA) is 69.2 Å². The number of aromatic hydroxyl groups is 1. The second kappa shape index (κ2) is 5.94. The van der Waals surface area contributed by atoms with Gasteiger partial charge in [-0.25, -0.2) is 4.98 Å². The summed E-state index contributed by atoms with van der Waals surface area (Å²) in [4.78, 5) is 23.5. The third kappa shape index (κ3) is 2.12. The Hall–Kier alpha value is -3.12.